The average molecular weight is 231 g/mol. The zero-order chi connectivity index (χ0) is 12.6. The van der Waals surface area contributed by atoms with Gasteiger partial charge in [0, 0.05) is 19.2 Å². The standard InChI is InChI=1S/C12H25NO3/c1-6-15-8-7-13-10(2)9-11(14)16-12(3,4)5/h10,13H,6-9H2,1-5H3. The van der Waals surface area contributed by atoms with E-state index < -0.39 is 5.60 Å². The predicted molar refractivity (Wildman–Crippen MR) is 64.4 cm³/mol. The number of rotatable bonds is 7. The van der Waals surface area contributed by atoms with E-state index in [0.29, 0.717) is 13.0 Å². The molecular weight excluding hydrogens is 206 g/mol. The van der Waals surface area contributed by atoms with Gasteiger partial charge in [-0.15, -0.1) is 0 Å². The largest absolute Gasteiger partial charge is 0.460 e. The van der Waals surface area contributed by atoms with Gasteiger partial charge in [0.05, 0.1) is 13.0 Å². The first-order chi connectivity index (χ1) is 7.35. The van der Waals surface area contributed by atoms with Crippen LogP contribution >= 0.6 is 0 Å². The van der Waals surface area contributed by atoms with Gasteiger partial charge in [-0.25, -0.2) is 0 Å². The molecular formula is C12H25NO3. The second-order valence-electron chi connectivity index (χ2n) is 4.84. The van der Waals surface area contributed by atoms with E-state index in [2.05, 4.69) is 5.32 Å². The maximum absolute atomic E-state index is 11.5. The predicted octanol–water partition coefficient (Wildman–Crippen LogP) is 1.73. The summed E-state index contributed by atoms with van der Waals surface area (Å²) in [6.07, 6.45) is 0.392. The van der Waals surface area contributed by atoms with Crippen LogP contribution in [0.4, 0.5) is 0 Å². The maximum Gasteiger partial charge on any atom is 0.307 e. The highest BCUT2D eigenvalue weighted by Crippen LogP contribution is 2.09. The van der Waals surface area contributed by atoms with Crippen LogP contribution in [0.25, 0.3) is 0 Å². The van der Waals surface area contributed by atoms with Crippen LogP contribution in [0.1, 0.15) is 41.0 Å². The van der Waals surface area contributed by atoms with Crippen LogP contribution < -0.4 is 5.32 Å². The molecule has 0 aliphatic heterocycles. The molecule has 0 saturated carbocycles. The summed E-state index contributed by atoms with van der Waals surface area (Å²) in [5.41, 5.74) is -0.401. The van der Waals surface area contributed by atoms with Gasteiger partial charge in [-0.05, 0) is 34.6 Å². The first-order valence-electron chi connectivity index (χ1n) is 5.88. The molecule has 4 heteroatoms. The number of carbonyl (C=O) groups is 1. The van der Waals surface area contributed by atoms with Gasteiger partial charge in [0.2, 0.25) is 0 Å². The van der Waals surface area contributed by atoms with E-state index in [1.807, 2.05) is 34.6 Å². The summed E-state index contributed by atoms with van der Waals surface area (Å²) >= 11 is 0. The fourth-order valence-corrected chi connectivity index (χ4v) is 1.23. The van der Waals surface area contributed by atoms with Crippen LogP contribution in [-0.2, 0) is 14.3 Å². The number of hydrogen-bond donors (Lipinski definition) is 1. The Bertz CT molecular complexity index is 199. The minimum absolute atomic E-state index is 0.121. The molecule has 1 atom stereocenters. The normalized spacial score (nSPS) is 13.6. The van der Waals surface area contributed by atoms with Gasteiger partial charge in [0.15, 0.2) is 0 Å². The van der Waals surface area contributed by atoms with Crippen molar-refractivity contribution in [3.8, 4) is 0 Å². The number of hydrogen-bond acceptors (Lipinski definition) is 4. The third kappa shape index (κ3) is 9.93. The van der Waals surface area contributed by atoms with Gasteiger partial charge in [-0.2, -0.15) is 0 Å². The van der Waals surface area contributed by atoms with Crippen molar-refractivity contribution >= 4 is 5.97 Å². The van der Waals surface area contributed by atoms with Crippen LogP contribution in [0.2, 0.25) is 0 Å². The van der Waals surface area contributed by atoms with E-state index in [-0.39, 0.29) is 12.0 Å². The lowest BCUT2D eigenvalue weighted by Gasteiger charge is -2.21. The lowest BCUT2D eigenvalue weighted by Crippen LogP contribution is -2.34. The molecule has 0 bridgehead atoms. The Labute approximate surface area is 98.7 Å². The van der Waals surface area contributed by atoms with Crippen molar-refractivity contribution in [3.05, 3.63) is 0 Å². The SMILES string of the molecule is CCOCCNC(C)CC(=O)OC(C)(C)C. The molecule has 0 fully saturated rings. The third-order valence-corrected chi connectivity index (χ3v) is 1.84. The molecule has 0 aromatic carbocycles. The van der Waals surface area contributed by atoms with E-state index in [1.165, 1.54) is 0 Å². The van der Waals surface area contributed by atoms with E-state index in [9.17, 15) is 4.79 Å². The summed E-state index contributed by atoms with van der Waals surface area (Å²) in [5, 5.41) is 3.21. The van der Waals surface area contributed by atoms with Crippen molar-refractivity contribution in [1.82, 2.24) is 5.32 Å². The Hall–Kier alpha value is -0.610. The summed E-state index contributed by atoms with van der Waals surface area (Å²) in [4.78, 5) is 11.5. The van der Waals surface area contributed by atoms with Crippen molar-refractivity contribution in [3.63, 3.8) is 0 Å². The Balaban J connectivity index is 3.62. The number of carbonyl (C=O) groups excluding carboxylic acids is 1. The molecule has 0 amide bonds. The van der Waals surface area contributed by atoms with Gasteiger partial charge >= 0.3 is 5.97 Å². The fraction of sp³-hybridized carbons (Fsp3) is 0.917. The molecule has 0 aliphatic carbocycles. The lowest BCUT2D eigenvalue weighted by molar-refractivity contribution is -0.155. The molecule has 0 aromatic rings. The molecule has 0 radical (unpaired) electrons. The van der Waals surface area contributed by atoms with Gasteiger partial charge in [0.25, 0.3) is 0 Å². The van der Waals surface area contributed by atoms with Crippen molar-refractivity contribution in [2.24, 2.45) is 0 Å². The molecule has 0 heterocycles. The van der Waals surface area contributed by atoms with Crippen molar-refractivity contribution in [2.75, 3.05) is 19.8 Å². The van der Waals surface area contributed by atoms with Crippen LogP contribution in [-0.4, -0.2) is 37.4 Å². The van der Waals surface area contributed by atoms with Crippen molar-refractivity contribution < 1.29 is 14.3 Å². The fourth-order valence-electron chi connectivity index (χ4n) is 1.23. The summed E-state index contributed by atoms with van der Waals surface area (Å²) in [5.74, 6) is -0.163. The van der Waals surface area contributed by atoms with Crippen molar-refractivity contribution in [2.45, 2.75) is 52.7 Å². The zero-order valence-corrected chi connectivity index (χ0v) is 11.1. The Morgan fingerprint density at radius 1 is 1.38 bits per heavy atom. The zero-order valence-electron chi connectivity index (χ0n) is 11.1. The van der Waals surface area contributed by atoms with Gasteiger partial charge in [-0.3, -0.25) is 4.79 Å². The number of nitrogens with one attached hydrogen (secondary N) is 1. The first kappa shape index (κ1) is 15.4. The number of ether oxygens (including phenoxy) is 2. The Kier molecular flexibility index (Phi) is 7.34. The molecule has 1 N–H and O–H groups in total. The summed E-state index contributed by atoms with van der Waals surface area (Å²) in [7, 11) is 0. The lowest BCUT2D eigenvalue weighted by atomic mass is 10.2. The van der Waals surface area contributed by atoms with Crippen LogP contribution in [0, 0.1) is 0 Å². The molecule has 96 valence electrons. The molecule has 0 aliphatic rings. The minimum Gasteiger partial charge on any atom is -0.460 e. The van der Waals surface area contributed by atoms with E-state index >= 15 is 0 Å². The molecule has 0 saturated heterocycles. The highest BCUT2D eigenvalue weighted by atomic mass is 16.6. The molecule has 0 aromatic heterocycles. The number of esters is 1. The van der Waals surface area contributed by atoms with Crippen LogP contribution in [0.3, 0.4) is 0 Å². The Morgan fingerprint density at radius 3 is 2.50 bits per heavy atom. The topological polar surface area (TPSA) is 47.6 Å². The first-order valence-corrected chi connectivity index (χ1v) is 5.88. The average Bonchev–Trinajstić information content (AvgIpc) is 2.09. The molecule has 1 unspecified atom stereocenters. The van der Waals surface area contributed by atoms with Crippen molar-refractivity contribution in [1.29, 1.82) is 0 Å². The van der Waals surface area contributed by atoms with E-state index in [4.69, 9.17) is 9.47 Å². The van der Waals surface area contributed by atoms with E-state index in [0.717, 1.165) is 13.2 Å². The van der Waals surface area contributed by atoms with Crippen LogP contribution in [0.5, 0.6) is 0 Å². The van der Waals surface area contributed by atoms with Crippen LogP contribution in [0.15, 0.2) is 0 Å². The highest BCUT2D eigenvalue weighted by Gasteiger charge is 2.17. The highest BCUT2D eigenvalue weighted by molar-refractivity contribution is 5.70. The third-order valence-electron chi connectivity index (χ3n) is 1.84. The minimum atomic E-state index is -0.401. The van der Waals surface area contributed by atoms with Gasteiger partial charge in [-0.1, -0.05) is 0 Å². The quantitative estimate of drug-likeness (QED) is 0.535. The van der Waals surface area contributed by atoms with Gasteiger partial charge < -0.3 is 14.8 Å². The van der Waals surface area contributed by atoms with Gasteiger partial charge in [0.1, 0.15) is 5.60 Å². The molecule has 0 spiro atoms. The summed E-state index contributed by atoms with van der Waals surface area (Å²) in [6.45, 7) is 11.7. The second-order valence-corrected chi connectivity index (χ2v) is 4.84. The summed E-state index contributed by atoms with van der Waals surface area (Å²) < 4.78 is 10.4. The monoisotopic (exact) mass is 231 g/mol. The Morgan fingerprint density at radius 2 is 2.00 bits per heavy atom. The molecule has 0 rings (SSSR count). The molecule has 16 heavy (non-hydrogen) atoms. The molecule has 4 nitrogen and oxygen atoms in total. The summed E-state index contributed by atoms with van der Waals surface area (Å²) in [6, 6.07) is 0.121. The van der Waals surface area contributed by atoms with E-state index in [1.54, 1.807) is 0 Å². The second kappa shape index (κ2) is 7.63. The smallest absolute Gasteiger partial charge is 0.307 e. The maximum atomic E-state index is 11.5.